The van der Waals surface area contributed by atoms with Crippen molar-refractivity contribution in [1.29, 1.82) is 0 Å². The lowest BCUT2D eigenvalue weighted by Gasteiger charge is -2.35. The number of nitrogens with one attached hydrogen (secondary N) is 4. The fraction of sp³-hybridized carbons (Fsp3) is 0.476. The number of aliphatic hydroxyl groups is 1. The van der Waals surface area contributed by atoms with E-state index in [1.807, 2.05) is 72.8 Å². The molecule has 15 nitrogen and oxygen atoms in total. The molecular formula is C42H59N5O10. The lowest BCUT2D eigenvalue weighted by atomic mass is 9.97. The molecule has 0 saturated heterocycles. The molecule has 0 heterocycles. The van der Waals surface area contributed by atoms with Crippen LogP contribution >= 0.6 is 0 Å². The van der Waals surface area contributed by atoms with Crippen LogP contribution in [0.15, 0.2) is 72.8 Å². The van der Waals surface area contributed by atoms with Gasteiger partial charge >= 0.3 is 12.2 Å². The van der Waals surface area contributed by atoms with Gasteiger partial charge in [0.1, 0.15) is 18.4 Å². The molecule has 0 aliphatic heterocycles. The van der Waals surface area contributed by atoms with Crippen LogP contribution < -0.4 is 35.6 Å². The van der Waals surface area contributed by atoms with Crippen molar-refractivity contribution < 1.29 is 48.0 Å². The molecule has 312 valence electrons. The first-order valence-electron chi connectivity index (χ1n) is 19.2. The second-order valence-electron chi connectivity index (χ2n) is 14.0. The Balaban J connectivity index is 1.92. The smallest absolute Gasteiger partial charge is 0.409 e. The summed E-state index contributed by atoms with van der Waals surface area (Å²) < 4.78 is 26.8. The Morgan fingerprint density at radius 3 is 2.00 bits per heavy atom. The summed E-state index contributed by atoms with van der Waals surface area (Å²) in [7, 11) is 3.14. The SMILES string of the molecule is CCOC(=O)N[C@H](C(=O)NN(Cc1ccc(OCc2ccc(OC)c(OC)c2)cc1)C[C@H](CCc1ccccc1)NC(=O)[C@@](O)(NC(=O)OCC)C(C)C)C(C)C. The number of hydrogen-bond acceptors (Lipinski definition) is 11. The number of benzene rings is 3. The molecule has 0 saturated carbocycles. The lowest BCUT2D eigenvalue weighted by molar-refractivity contribution is -0.149. The minimum absolute atomic E-state index is 0.0450. The summed E-state index contributed by atoms with van der Waals surface area (Å²) in [5.74, 6) is -0.556. The number of carbonyl (C=O) groups excluding carboxylic acids is 4. The van der Waals surface area contributed by atoms with Gasteiger partial charge in [-0.1, -0.05) is 76.2 Å². The van der Waals surface area contributed by atoms with Crippen molar-refractivity contribution in [3.8, 4) is 17.2 Å². The van der Waals surface area contributed by atoms with Gasteiger partial charge in [-0.15, -0.1) is 0 Å². The van der Waals surface area contributed by atoms with Crippen LogP contribution in [0.1, 0.15) is 64.7 Å². The number of amides is 4. The van der Waals surface area contributed by atoms with Gasteiger partial charge in [0.25, 0.3) is 11.8 Å². The maximum Gasteiger partial charge on any atom is 0.409 e. The monoisotopic (exact) mass is 793 g/mol. The zero-order valence-electron chi connectivity index (χ0n) is 34.3. The molecule has 0 spiro atoms. The van der Waals surface area contributed by atoms with E-state index < -0.39 is 47.7 Å². The predicted octanol–water partition coefficient (Wildman–Crippen LogP) is 5.10. The molecule has 4 amide bonds. The second-order valence-corrected chi connectivity index (χ2v) is 14.0. The van der Waals surface area contributed by atoms with Gasteiger partial charge in [-0.05, 0) is 73.6 Å². The molecule has 0 unspecified atom stereocenters. The molecule has 0 fully saturated rings. The number of nitrogens with zero attached hydrogens (tertiary/aromatic N) is 1. The molecule has 3 rings (SSSR count). The second kappa shape index (κ2) is 22.9. The van der Waals surface area contributed by atoms with Crippen LogP contribution in [-0.2, 0) is 38.6 Å². The van der Waals surface area contributed by atoms with E-state index in [1.165, 1.54) is 0 Å². The van der Waals surface area contributed by atoms with Gasteiger partial charge in [0, 0.05) is 25.0 Å². The Morgan fingerprint density at radius 2 is 1.40 bits per heavy atom. The van der Waals surface area contributed by atoms with Crippen molar-refractivity contribution in [2.45, 2.75) is 85.3 Å². The summed E-state index contributed by atoms with van der Waals surface area (Å²) in [6.07, 6.45) is -0.725. The van der Waals surface area contributed by atoms with E-state index in [1.54, 1.807) is 60.8 Å². The average molecular weight is 794 g/mol. The van der Waals surface area contributed by atoms with E-state index in [0.29, 0.717) is 30.1 Å². The third kappa shape index (κ3) is 14.5. The van der Waals surface area contributed by atoms with Crippen LogP contribution in [-0.4, -0.2) is 85.9 Å². The molecule has 0 aromatic heterocycles. The molecule has 0 aliphatic carbocycles. The number of hydrogen-bond donors (Lipinski definition) is 5. The predicted molar refractivity (Wildman–Crippen MR) is 214 cm³/mol. The van der Waals surface area contributed by atoms with Crippen molar-refractivity contribution in [2.24, 2.45) is 11.8 Å². The Bertz CT molecular complexity index is 1720. The molecule has 0 aliphatic rings. The van der Waals surface area contributed by atoms with Gasteiger partial charge in [-0.2, -0.15) is 0 Å². The maximum atomic E-state index is 13.9. The average Bonchev–Trinajstić information content (AvgIpc) is 3.18. The summed E-state index contributed by atoms with van der Waals surface area (Å²) in [5.41, 5.74) is 3.34. The van der Waals surface area contributed by atoms with E-state index >= 15 is 0 Å². The molecule has 3 atom stereocenters. The third-order valence-corrected chi connectivity index (χ3v) is 9.07. The van der Waals surface area contributed by atoms with Crippen molar-refractivity contribution in [1.82, 2.24) is 26.4 Å². The van der Waals surface area contributed by atoms with Crippen LogP contribution in [0.4, 0.5) is 9.59 Å². The van der Waals surface area contributed by atoms with Crippen molar-refractivity contribution in [3.05, 3.63) is 89.5 Å². The first-order valence-corrected chi connectivity index (χ1v) is 19.2. The summed E-state index contributed by atoms with van der Waals surface area (Å²) in [5, 5.41) is 21.0. The number of carbonyl (C=O) groups is 4. The molecule has 15 heteroatoms. The number of methoxy groups -OCH3 is 2. The minimum Gasteiger partial charge on any atom is -0.493 e. The van der Waals surface area contributed by atoms with Gasteiger partial charge in [0.2, 0.25) is 5.72 Å². The summed E-state index contributed by atoms with van der Waals surface area (Å²) in [4.78, 5) is 52.5. The van der Waals surface area contributed by atoms with E-state index in [9.17, 15) is 24.3 Å². The van der Waals surface area contributed by atoms with Gasteiger partial charge < -0.3 is 39.4 Å². The zero-order chi connectivity index (χ0) is 42.0. The summed E-state index contributed by atoms with van der Waals surface area (Å²) in [6.45, 7) is 10.8. The highest BCUT2D eigenvalue weighted by Crippen LogP contribution is 2.28. The number of hydrazine groups is 1. The lowest BCUT2D eigenvalue weighted by Crippen LogP contribution is -2.64. The molecular weight excluding hydrogens is 734 g/mol. The van der Waals surface area contributed by atoms with Gasteiger partial charge in [0.15, 0.2) is 11.5 Å². The van der Waals surface area contributed by atoms with E-state index in [2.05, 4.69) is 21.4 Å². The first-order chi connectivity index (χ1) is 27.2. The summed E-state index contributed by atoms with van der Waals surface area (Å²) in [6, 6.07) is 21.0. The van der Waals surface area contributed by atoms with Gasteiger partial charge in [0.05, 0.1) is 27.4 Å². The van der Waals surface area contributed by atoms with Crippen LogP contribution in [0.5, 0.6) is 17.2 Å². The Kier molecular flexibility index (Phi) is 18.4. The number of aryl methyl sites for hydroxylation is 1. The normalized spacial score (nSPS) is 13.2. The minimum atomic E-state index is -2.30. The Labute approximate surface area is 335 Å². The Hall–Kier alpha value is -5.54. The van der Waals surface area contributed by atoms with Crippen LogP contribution in [0.2, 0.25) is 0 Å². The van der Waals surface area contributed by atoms with Gasteiger partial charge in [-0.25, -0.2) is 14.6 Å². The van der Waals surface area contributed by atoms with Crippen molar-refractivity contribution in [3.63, 3.8) is 0 Å². The molecule has 57 heavy (non-hydrogen) atoms. The van der Waals surface area contributed by atoms with Crippen LogP contribution in [0.25, 0.3) is 0 Å². The van der Waals surface area contributed by atoms with E-state index in [0.717, 1.165) is 16.7 Å². The van der Waals surface area contributed by atoms with Crippen LogP contribution in [0, 0.1) is 11.8 Å². The maximum absolute atomic E-state index is 13.9. The standard InChI is InChI=1S/C42H59N5O10/c1-9-55-40(50)44-37(28(3)4)38(48)46-47(25-31-17-21-34(22-18-31)57-27-32-19-23-35(53-7)36(24-32)54-8)26-33(20-16-30-14-12-11-13-15-30)43-39(49)42(52,29(5)6)45-41(51)56-10-2/h11-15,17-19,21-24,28-29,33,37,52H,9-10,16,20,25-27H2,1-8H3,(H,43,49)(H,44,50)(H,45,51)(H,46,48)/t33-,37-,42+/m0/s1. The largest absolute Gasteiger partial charge is 0.493 e. The molecule has 3 aromatic carbocycles. The highest BCUT2D eigenvalue weighted by atomic mass is 16.6. The van der Waals surface area contributed by atoms with E-state index in [-0.39, 0.29) is 38.8 Å². The third-order valence-electron chi connectivity index (χ3n) is 9.07. The first kappa shape index (κ1) is 45.8. The molecule has 5 N–H and O–H groups in total. The quantitative estimate of drug-likeness (QED) is 0.0674. The van der Waals surface area contributed by atoms with E-state index in [4.69, 9.17) is 23.7 Å². The molecule has 3 aromatic rings. The topological polar surface area (TPSA) is 186 Å². The Morgan fingerprint density at radius 1 is 0.772 bits per heavy atom. The number of alkyl carbamates (subject to hydrolysis) is 2. The fourth-order valence-corrected chi connectivity index (χ4v) is 5.80. The molecule has 0 bridgehead atoms. The van der Waals surface area contributed by atoms with Crippen molar-refractivity contribution in [2.75, 3.05) is 34.0 Å². The zero-order valence-corrected chi connectivity index (χ0v) is 34.3. The number of ether oxygens (including phenoxy) is 5. The summed E-state index contributed by atoms with van der Waals surface area (Å²) >= 11 is 0. The fourth-order valence-electron chi connectivity index (χ4n) is 5.80. The highest BCUT2D eigenvalue weighted by molar-refractivity contribution is 5.88. The van der Waals surface area contributed by atoms with Crippen molar-refractivity contribution >= 4 is 24.0 Å². The van der Waals surface area contributed by atoms with Crippen LogP contribution in [0.3, 0.4) is 0 Å². The number of rotatable bonds is 22. The van der Waals surface area contributed by atoms with Gasteiger partial charge in [-0.3, -0.25) is 20.3 Å². The highest BCUT2D eigenvalue weighted by Gasteiger charge is 2.42. The molecule has 0 radical (unpaired) electrons.